The molecule has 0 radical (unpaired) electrons. The van der Waals surface area contributed by atoms with E-state index in [-0.39, 0.29) is 21.4 Å². The average molecular weight is 424 g/mol. The number of carbonyl (C=O) groups is 1. The maximum atomic E-state index is 12.5. The Hall–Kier alpha value is -2.09. The second-order valence-electron chi connectivity index (χ2n) is 7.40. The van der Waals surface area contributed by atoms with E-state index >= 15 is 0 Å². The van der Waals surface area contributed by atoms with Crippen molar-refractivity contribution in [2.75, 3.05) is 18.4 Å². The van der Waals surface area contributed by atoms with E-state index in [1.165, 1.54) is 18.2 Å². The summed E-state index contributed by atoms with van der Waals surface area (Å²) in [4.78, 5) is 12.3. The van der Waals surface area contributed by atoms with Crippen LogP contribution in [0.4, 0.5) is 5.69 Å². The Morgan fingerprint density at radius 2 is 1.71 bits per heavy atom. The van der Waals surface area contributed by atoms with Gasteiger partial charge in [-0.3, -0.25) is 4.79 Å². The van der Waals surface area contributed by atoms with E-state index in [0.29, 0.717) is 13.1 Å². The minimum Gasteiger partial charge on any atom is -0.385 e. The molecule has 0 aliphatic rings. The van der Waals surface area contributed by atoms with Gasteiger partial charge in [-0.25, -0.2) is 13.1 Å². The molecule has 2 aromatic carbocycles. The van der Waals surface area contributed by atoms with Gasteiger partial charge in [0, 0.05) is 29.9 Å². The SMILES string of the molecule is CC(C)(C)NS(=O)(=O)c1cc(C(=O)NCCCNc2ccccc2)ccc1Cl. The Labute approximate surface area is 171 Å². The van der Waals surface area contributed by atoms with E-state index in [1.807, 2.05) is 30.3 Å². The van der Waals surface area contributed by atoms with E-state index in [1.54, 1.807) is 20.8 Å². The first-order valence-corrected chi connectivity index (χ1v) is 10.9. The Kier molecular flexibility index (Phi) is 7.46. The number of benzene rings is 2. The van der Waals surface area contributed by atoms with Crippen molar-refractivity contribution in [1.29, 1.82) is 0 Å². The lowest BCUT2D eigenvalue weighted by atomic mass is 10.1. The number of nitrogens with one attached hydrogen (secondary N) is 3. The molecule has 0 bridgehead atoms. The first-order valence-electron chi connectivity index (χ1n) is 8.99. The number of anilines is 1. The van der Waals surface area contributed by atoms with Crippen molar-refractivity contribution < 1.29 is 13.2 Å². The molecule has 0 aliphatic carbocycles. The number of hydrogen-bond acceptors (Lipinski definition) is 4. The maximum absolute atomic E-state index is 12.5. The van der Waals surface area contributed by atoms with Crippen molar-refractivity contribution in [2.24, 2.45) is 0 Å². The summed E-state index contributed by atoms with van der Waals surface area (Å²) in [6.45, 7) is 6.37. The van der Waals surface area contributed by atoms with E-state index in [0.717, 1.165) is 12.1 Å². The van der Waals surface area contributed by atoms with Gasteiger partial charge in [-0.05, 0) is 57.5 Å². The molecule has 6 nitrogen and oxygen atoms in total. The molecular formula is C20H26ClN3O3S. The third-order valence-corrected chi connectivity index (χ3v) is 5.91. The molecule has 8 heteroatoms. The average Bonchev–Trinajstić information content (AvgIpc) is 2.60. The van der Waals surface area contributed by atoms with Gasteiger partial charge in [-0.2, -0.15) is 0 Å². The van der Waals surface area contributed by atoms with Crippen molar-refractivity contribution in [1.82, 2.24) is 10.0 Å². The van der Waals surface area contributed by atoms with Gasteiger partial charge in [0.1, 0.15) is 4.90 Å². The smallest absolute Gasteiger partial charge is 0.251 e. The van der Waals surface area contributed by atoms with Crippen molar-refractivity contribution in [3.8, 4) is 0 Å². The van der Waals surface area contributed by atoms with Crippen LogP contribution in [0.1, 0.15) is 37.6 Å². The fourth-order valence-corrected chi connectivity index (χ4v) is 4.43. The van der Waals surface area contributed by atoms with Crippen LogP contribution in [0, 0.1) is 0 Å². The summed E-state index contributed by atoms with van der Waals surface area (Å²) in [5.74, 6) is -0.344. The highest BCUT2D eigenvalue weighted by atomic mass is 35.5. The van der Waals surface area contributed by atoms with Gasteiger partial charge in [0.2, 0.25) is 10.0 Å². The van der Waals surface area contributed by atoms with Gasteiger partial charge in [-0.15, -0.1) is 0 Å². The fraction of sp³-hybridized carbons (Fsp3) is 0.350. The third kappa shape index (κ3) is 6.82. The standard InChI is InChI=1S/C20H26ClN3O3S/c1-20(2,3)24-28(26,27)18-14-15(10-11-17(18)21)19(25)23-13-7-12-22-16-8-5-4-6-9-16/h4-6,8-11,14,22,24H,7,12-13H2,1-3H3,(H,23,25). The van der Waals surface area contributed by atoms with E-state index in [9.17, 15) is 13.2 Å². The molecule has 0 atom stereocenters. The van der Waals surface area contributed by atoms with Crippen molar-refractivity contribution in [3.63, 3.8) is 0 Å². The van der Waals surface area contributed by atoms with Crippen LogP contribution in [-0.4, -0.2) is 33.0 Å². The summed E-state index contributed by atoms with van der Waals surface area (Å²) < 4.78 is 27.6. The molecular weight excluding hydrogens is 398 g/mol. The molecule has 0 saturated carbocycles. The minimum atomic E-state index is -3.84. The largest absolute Gasteiger partial charge is 0.385 e. The molecule has 0 spiro atoms. The molecule has 3 N–H and O–H groups in total. The molecule has 2 rings (SSSR count). The van der Waals surface area contributed by atoms with Crippen LogP contribution < -0.4 is 15.4 Å². The van der Waals surface area contributed by atoms with E-state index in [2.05, 4.69) is 15.4 Å². The summed E-state index contributed by atoms with van der Waals surface area (Å²) in [7, 11) is -3.84. The molecule has 0 heterocycles. The molecule has 0 saturated heterocycles. The minimum absolute atomic E-state index is 0.0698. The van der Waals surface area contributed by atoms with Crippen LogP contribution in [0.5, 0.6) is 0 Å². The van der Waals surface area contributed by atoms with Crippen LogP contribution in [0.25, 0.3) is 0 Å². The van der Waals surface area contributed by atoms with Gasteiger partial charge in [0.15, 0.2) is 0 Å². The third-order valence-electron chi connectivity index (χ3n) is 3.67. The lowest BCUT2D eigenvalue weighted by molar-refractivity contribution is 0.0953. The van der Waals surface area contributed by atoms with Crippen LogP contribution in [0.2, 0.25) is 5.02 Å². The molecule has 0 unspecified atom stereocenters. The van der Waals surface area contributed by atoms with Gasteiger partial charge < -0.3 is 10.6 Å². The summed E-state index contributed by atoms with van der Waals surface area (Å²) in [5, 5.41) is 6.12. The van der Waals surface area contributed by atoms with E-state index in [4.69, 9.17) is 11.6 Å². The van der Waals surface area contributed by atoms with E-state index < -0.39 is 15.6 Å². The van der Waals surface area contributed by atoms with Gasteiger partial charge in [-0.1, -0.05) is 29.8 Å². The highest BCUT2D eigenvalue weighted by Crippen LogP contribution is 2.24. The normalized spacial score (nSPS) is 11.9. The molecule has 0 aliphatic heterocycles. The molecule has 28 heavy (non-hydrogen) atoms. The number of halogens is 1. The first kappa shape index (κ1) is 22.2. The number of carbonyl (C=O) groups excluding carboxylic acids is 1. The molecule has 1 amide bonds. The van der Waals surface area contributed by atoms with Gasteiger partial charge in [0.05, 0.1) is 5.02 Å². The first-order chi connectivity index (χ1) is 13.1. The van der Waals surface area contributed by atoms with Gasteiger partial charge in [0.25, 0.3) is 5.91 Å². The van der Waals surface area contributed by atoms with Crippen molar-refractivity contribution >= 4 is 33.2 Å². The zero-order valence-electron chi connectivity index (χ0n) is 16.3. The Morgan fingerprint density at radius 1 is 1.04 bits per heavy atom. The quantitative estimate of drug-likeness (QED) is 0.565. The number of rotatable bonds is 8. The zero-order valence-corrected chi connectivity index (χ0v) is 17.8. The highest BCUT2D eigenvalue weighted by molar-refractivity contribution is 7.89. The predicted molar refractivity (Wildman–Crippen MR) is 113 cm³/mol. The summed E-state index contributed by atoms with van der Waals surface area (Å²) in [5.41, 5.74) is 0.606. The predicted octanol–water partition coefficient (Wildman–Crippen LogP) is 3.65. The van der Waals surface area contributed by atoms with Gasteiger partial charge >= 0.3 is 0 Å². The van der Waals surface area contributed by atoms with Crippen LogP contribution in [0.3, 0.4) is 0 Å². The summed E-state index contributed by atoms with van der Waals surface area (Å²) >= 11 is 6.06. The fourth-order valence-electron chi connectivity index (χ4n) is 2.49. The number of amides is 1. The molecule has 2 aromatic rings. The second kappa shape index (κ2) is 9.41. The number of para-hydroxylation sites is 1. The number of sulfonamides is 1. The highest BCUT2D eigenvalue weighted by Gasteiger charge is 2.25. The van der Waals surface area contributed by atoms with Crippen molar-refractivity contribution in [2.45, 2.75) is 37.6 Å². The Morgan fingerprint density at radius 3 is 2.36 bits per heavy atom. The molecule has 0 aromatic heterocycles. The lowest BCUT2D eigenvalue weighted by Crippen LogP contribution is -2.40. The second-order valence-corrected chi connectivity index (χ2v) is 9.46. The zero-order chi connectivity index (χ0) is 20.8. The molecule has 152 valence electrons. The summed E-state index contributed by atoms with van der Waals surface area (Å²) in [6, 6.07) is 14.0. The maximum Gasteiger partial charge on any atom is 0.251 e. The van der Waals surface area contributed by atoms with Crippen LogP contribution >= 0.6 is 11.6 Å². The Balaban J connectivity index is 1.95. The summed E-state index contributed by atoms with van der Waals surface area (Å²) in [6.07, 6.45) is 0.727. The number of hydrogen-bond donors (Lipinski definition) is 3. The topological polar surface area (TPSA) is 87.3 Å². The van der Waals surface area contributed by atoms with Crippen LogP contribution in [0.15, 0.2) is 53.4 Å². The Bertz CT molecular complexity index is 910. The van der Waals surface area contributed by atoms with Crippen molar-refractivity contribution in [3.05, 3.63) is 59.1 Å². The molecule has 0 fully saturated rings. The monoisotopic (exact) mass is 423 g/mol. The van der Waals surface area contributed by atoms with Crippen LogP contribution in [-0.2, 0) is 10.0 Å². The lowest BCUT2D eigenvalue weighted by Gasteiger charge is -2.21.